The number of benzene rings is 1. The van der Waals surface area contributed by atoms with E-state index in [1.807, 2.05) is 18.2 Å². The highest BCUT2D eigenvalue weighted by Gasteiger charge is 2.38. The van der Waals surface area contributed by atoms with E-state index in [2.05, 4.69) is 25.6 Å². The van der Waals surface area contributed by atoms with E-state index in [1.54, 1.807) is 29.0 Å². The predicted molar refractivity (Wildman–Crippen MR) is 101 cm³/mol. The number of hydrogen-bond donors (Lipinski definition) is 0. The van der Waals surface area contributed by atoms with Crippen LogP contribution in [0.25, 0.3) is 5.69 Å². The van der Waals surface area contributed by atoms with Crippen molar-refractivity contribution in [3.63, 3.8) is 0 Å². The summed E-state index contributed by atoms with van der Waals surface area (Å²) in [6, 6.07) is 10.8. The number of terminal acetylenes is 1. The molecule has 0 fully saturated rings. The molecule has 5 nitrogen and oxygen atoms in total. The molecule has 0 unspecified atom stereocenters. The Balaban J connectivity index is 1.95. The Bertz CT molecular complexity index is 1100. The van der Waals surface area contributed by atoms with Gasteiger partial charge in [0, 0.05) is 24.4 Å². The van der Waals surface area contributed by atoms with Gasteiger partial charge < -0.3 is 9.30 Å². The molecule has 140 valence electrons. The van der Waals surface area contributed by atoms with Crippen LogP contribution in [0.4, 0.5) is 8.78 Å². The van der Waals surface area contributed by atoms with Gasteiger partial charge in [0.1, 0.15) is 18.6 Å². The van der Waals surface area contributed by atoms with Gasteiger partial charge >= 0.3 is 5.92 Å². The van der Waals surface area contributed by atoms with Crippen LogP contribution in [0.15, 0.2) is 53.9 Å². The van der Waals surface area contributed by atoms with E-state index in [4.69, 9.17) is 6.42 Å². The molecule has 0 atom stereocenters. The van der Waals surface area contributed by atoms with Gasteiger partial charge in [0.2, 0.25) is 0 Å². The maximum atomic E-state index is 14.5. The fourth-order valence-electron chi connectivity index (χ4n) is 3.27. The normalized spacial score (nSPS) is 13.1. The molecule has 1 aliphatic heterocycles. The molecule has 3 heterocycles. The van der Waals surface area contributed by atoms with Gasteiger partial charge in [-0.3, -0.25) is 9.98 Å². The SMILES string of the molecule is C#Cc1ccc2c(c1)C(c1ccccn1)=NCc1c(C(F)(F)COC)ncn1-2. The lowest BCUT2D eigenvalue weighted by Gasteiger charge is -2.15. The summed E-state index contributed by atoms with van der Waals surface area (Å²) in [5.74, 6) is -0.620. The molecule has 0 saturated heterocycles. The van der Waals surface area contributed by atoms with Crippen molar-refractivity contribution in [2.75, 3.05) is 13.7 Å². The van der Waals surface area contributed by atoms with E-state index in [0.29, 0.717) is 33.9 Å². The Labute approximate surface area is 160 Å². The molecule has 0 aliphatic carbocycles. The van der Waals surface area contributed by atoms with Crippen molar-refractivity contribution in [2.24, 2.45) is 4.99 Å². The Morgan fingerprint density at radius 2 is 2.11 bits per heavy atom. The summed E-state index contributed by atoms with van der Waals surface area (Å²) < 4.78 is 35.4. The molecule has 28 heavy (non-hydrogen) atoms. The number of nitrogens with zero attached hydrogens (tertiary/aromatic N) is 4. The molecule has 4 rings (SSSR count). The van der Waals surface area contributed by atoms with Crippen molar-refractivity contribution >= 4 is 5.71 Å². The monoisotopic (exact) mass is 378 g/mol. The summed E-state index contributed by atoms with van der Waals surface area (Å²) in [4.78, 5) is 13.0. The average Bonchev–Trinajstić information content (AvgIpc) is 3.07. The quantitative estimate of drug-likeness (QED) is 0.655. The first kappa shape index (κ1) is 18.0. The lowest BCUT2D eigenvalue weighted by molar-refractivity contribution is -0.0734. The molecule has 3 aromatic rings. The minimum Gasteiger partial charge on any atom is -0.378 e. The summed E-state index contributed by atoms with van der Waals surface area (Å²) in [5, 5.41) is 0. The smallest absolute Gasteiger partial charge is 0.314 e. The molecule has 0 amide bonds. The highest BCUT2D eigenvalue weighted by atomic mass is 19.3. The number of fused-ring (bicyclic) bond motifs is 3. The lowest BCUT2D eigenvalue weighted by atomic mass is 10.0. The van der Waals surface area contributed by atoms with E-state index in [0.717, 1.165) is 0 Å². The summed E-state index contributed by atoms with van der Waals surface area (Å²) in [6.07, 6.45) is 8.61. The number of aliphatic imine (C=N–C) groups is 1. The third kappa shape index (κ3) is 2.98. The molecule has 2 aromatic heterocycles. The summed E-state index contributed by atoms with van der Waals surface area (Å²) in [7, 11) is 1.23. The van der Waals surface area contributed by atoms with Crippen LogP contribution in [0, 0.1) is 12.3 Å². The van der Waals surface area contributed by atoms with E-state index >= 15 is 0 Å². The Morgan fingerprint density at radius 1 is 1.25 bits per heavy atom. The van der Waals surface area contributed by atoms with Crippen molar-refractivity contribution in [2.45, 2.75) is 12.5 Å². The number of methoxy groups -OCH3 is 1. The number of ether oxygens (including phenoxy) is 1. The predicted octanol–water partition coefficient (Wildman–Crippen LogP) is 3.34. The summed E-state index contributed by atoms with van der Waals surface area (Å²) in [5.41, 5.74) is 3.25. The molecular weight excluding hydrogens is 362 g/mol. The van der Waals surface area contributed by atoms with Crippen molar-refractivity contribution < 1.29 is 13.5 Å². The lowest BCUT2D eigenvalue weighted by Crippen LogP contribution is -2.22. The fraction of sp³-hybridized carbons (Fsp3) is 0.190. The first-order valence-corrected chi connectivity index (χ1v) is 8.56. The van der Waals surface area contributed by atoms with Crippen LogP contribution in [-0.4, -0.2) is 34.0 Å². The number of hydrogen-bond acceptors (Lipinski definition) is 4. The Morgan fingerprint density at radius 3 is 2.82 bits per heavy atom. The number of alkyl halides is 2. The molecule has 0 saturated carbocycles. The van der Waals surface area contributed by atoms with Crippen LogP contribution in [0.2, 0.25) is 0 Å². The van der Waals surface area contributed by atoms with Crippen molar-refractivity contribution in [3.8, 4) is 18.0 Å². The second-order valence-corrected chi connectivity index (χ2v) is 6.30. The average molecular weight is 378 g/mol. The van der Waals surface area contributed by atoms with Gasteiger partial charge in [-0.25, -0.2) is 4.98 Å². The minimum atomic E-state index is -3.22. The number of aromatic nitrogens is 3. The molecule has 7 heteroatoms. The third-order valence-corrected chi connectivity index (χ3v) is 4.51. The Kier molecular flexibility index (Phi) is 4.49. The van der Waals surface area contributed by atoms with E-state index < -0.39 is 12.5 Å². The maximum absolute atomic E-state index is 14.5. The van der Waals surface area contributed by atoms with Gasteiger partial charge in [0.15, 0.2) is 0 Å². The zero-order valence-corrected chi connectivity index (χ0v) is 15.1. The standard InChI is InChI=1S/C21H16F2N4O/c1-3-14-7-8-17-15(10-14)19(16-6-4-5-9-24-16)25-11-18-20(26-13-27(17)18)21(22,23)12-28-2/h1,4-10,13H,11-12H2,2H3. The molecule has 0 radical (unpaired) electrons. The van der Waals surface area contributed by atoms with Gasteiger partial charge in [0.05, 0.1) is 29.3 Å². The van der Waals surface area contributed by atoms with Gasteiger partial charge in [-0.1, -0.05) is 12.0 Å². The molecule has 0 N–H and O–H groups in total. The van der Waals surface area contributed by atoms with Crippen molar-refractivity contribution in [1.29, 1.82) is 0 Å². The van der Waals surface area contributed by atoms with Gasteiger partial charge in [0.25, 0.3) is 0 Å². The van der Waals surface area contributed by atoms with Gasteiger partial charge in [-0.05, 0) is 30.3 Å². The minimum absolute atomic E-state index is 0.0284. The summed E-state index contributed by atoms with van der Waals surface area (Å²) >= 11 is 0. The molecule has 0 bridgehead atoms. The van der Waals surface area contributed by atoms with Gasteiger partial charge in [-0.15, -0.1) is 6.42 Å². The van der Waals surface area contributed by atoms with Crippen LogP contribution in [0.3, 0.4) is 0 Å². The zero-order valence-electron chi connectivity index (χ0n) is 15.1. The Hall–Kier alpha value is -3.37. The first-order valence-electron chi connectivity index (χ1n) is 8.56. The van der Waals surface area contributed by atoms with Crippen LogP contribution < -0.4 is 0 Å². The zero-order chi connectivity index (χ0) is 19.7. The molecular formula is C21H16F2N4O. The molecule has 0 spiro atoms. The largest absolute Gasteiger partial charge is 0.378 e. The number of pyridine rings is 1. The first-order chi connectivity index (χ1) is 13.5. The highest BCUT2D eigenvalue weighted by molar-refractivity contribution is 6.14. The van der Waals surface area contributed by atoms with Crippen LogP contribution in [-0.2, 0) is 17.2 Å². The topological polar surface area (TPSA) is 52.3 Å². The van der Waals surface area contributed by atoms with Crippen LogP contribution in [0.5, 0.6) is 0 Å². The van der Waals surface area contributed by atoms with E-state index in [-0.39, 0.29) is 12.2 Å². The number of rotatable bonds is 4. The van der Waals surface area contributed by atoms with E-state index in [1.165, 1.54) is 13.4 Å². The molecule has 1 aliphatic rings. The van der Waals surface area contributed by atoms with Crippen LogP contribution in [0.1, 0.15) is 28.2 Å². The second-order valence-electron chi connectivity index (χ2n) is 6.30. The second kappa shape index (κ2) is 6.98. The molecule has 1 aromatic carbocycles. The fourth-order valence-corrected chi connectivity index (χ4v) is 3.27. The number of imidazole rings is 1. The van der Waals surface area contributed by atoms with Crippen molar-refractivity contribution in [1.82, 2.24) is 14.5 Å². The summed E-state index contributed by atoms with van der Waals surface area (Å²) in [6.45, 7) is -0.725. The third-order valence-electron chi connectivity index (χ3n) is 4.51. The van der Waals surface area contributed by atoms with E-state index in [9.17, 15) is 8.78 Å². The van der Waals surface area contributed by atoms with Gasteiger partial charge in [-0.2, -0.15) is 8.78 Å². The highest BCUT2D eigenvalue weighted by Crippen LogP contribution is 2.34. The maximum Gasteiger partial charge on any atom is 0.314 e. The number of halogens is 2. The van der Waals surface area contributed by atoms with Crippen LogP contribution >= 0.6 is 0 Å². The van der Waals surface area contributed by atoms with Crippen molar-refractivity contribution in [3.05, 3.63) is 77.1 Å².